The van der Waals surface area contributed by atoms with Crippen molar-refractivity contribution >= 4 is 17.3 Å². The van der Waals surface area contributed by atoms with Crippen molar-refractivity contribution < 1.29 is 8.78 Å². The minimum atomic E-state index is -2.60. The summed E-state index contributed by atoms with van der Waals surface area (Å²) in [6, 6.07) is -0.778. The Bertz CT molecular complexity index is 209. The van der Waals surface area contributed by atoms with Crippen molar-refractivity contribution in [3.05, 3.63) is 0 Å². The van der Waals surface area contributed by atoms with Crippen LogP contribution in [0.25, 0.3) is 0 Å². The molecule has 0 saturated heterocycles. The minimum absolute atomic E-state index is 0.0267. The molecule has 0 aromatic carbocycles. The average molecular weight is 222 g/mol. The number of hydrogen-bond donors (Lipinski definition) is 2. The Morgan fingerprint density at radius 2 is 2.29 bits per heavy atom. The van der Waals surface area contributed by atoms with Gasteiger partial charge < -0.3 is 10.6 Å². The quantitative estimate of drug-likeness (QED) is 0.715. The summed E-state index contributed by atoms with van der Waals surface area (Å²) in [5, 5.41) is 5.90. The number of hydrogen-bond acceptors (Lipinski definition) is 1. The van der Waals surface area contributed by atoms with Crippen LogP contribution in [0.4, 0.5) is 8.78 Å². The van der Waals surface area contributed by atoms with Crippen molar-refractivity contribution in [2.24, 2.45) is 0 Å². The molecule has 1 fully saturated rings. The molecule has 0 amide bonds. The Morgan fingerprint density at radius 3 is 2.79 bits per heavy atom. The van der Waals surface area contributed by atoms with Crippen molar-refractivity contribution in [1.82, 2.24) is 10.6 Å². The van der Waals surface area contributed by atoms with Crippen LogP contribution in [0.3, 0.4) is 0 Å². The van der Waals surface area contributed by atoms with Crippen LogP contribution in [0.2, 0.25) is 0 Å². The summed E-state index contributed by atoms with van der Waals surface area (Å²) < 4.78 is 26.3. The maximum absolute atomic E-state index is 13.1. The molecule has 2 N–H and O–H groups in total. The Morgan fingerprint density at radius 1 is 1.57 bits per heavy atom. The smallest absolute Gasteiger partial charge is 0.267 e. The molecular formula is C9H16F2N2S. The second-order valence-corrected chi connectivity index (χ2v) is 4.01. The topological polar surface area (TPSA) is 24.1 Å². The Hall–Kier alpha value is -0.450. The molecule has 82 valence electrons. The summed E-state index contributed by atoms with van der Waals surface area (Å²) in [4.78, 5) is 0. The van der Waals surface area contributed by atoms with E-state index in [1.54, 1.807) is 0 Å². The summed E-state index contributed by atoms with van der Waals surface area (Å²) in [7, 11) is 0. The highest BCUT2D eigenvalue weighted by molar-refractivity contribution is 7.80. The fraction of sp³-hybridized carbons (Fsp3) is 0.889. The fourth-order valence-electron chi connectivity index (χ4n) is 1.55. The first-order valence-corrected chi connectivity index (χ1v) is 5.39. The van der Waals surface area contributed by atoms with Gasteiger partial charge in [-0.25, -0.2) is 8.78 Å². The van der Waals surface area contributed by atoms with Crippen LogP contribution in [0.1, 0.15) is 32.6 Å². The molecule has 0 bridgehead atoms. The fourth-order valence-corrected chi connectivity index (χ4v) is 1.80. The third-order valence-electron chi connectivity index (χ3n) is 2.35. The first kappa shape index (κ1) is 11.6. The second-order valence-electron chi connectivity index (χ2n) is 3.61. The van der Waals surface area contributed by atoms with E-state index in [4.69, 9.17) is 12.2 Å². The van der Waals surface area contributed by atoms with E-state index in [9.17, 15) is 8.78 Å². The molecule has 1 atom stereocenters. The third kappa shape index (κ3) is 3.04. The highest BCUT2D eigenvalue weighted by Crippen LogP contribution is 2.34. The van der Waals surface area contributed by atoms with Gasteiger partial charge in [0.05, 0.1) is 6.04 Å². The number of halogens is 2. The zero-order valence-electron chi connectivity index (χ0n) is 8.28. The van der Waals surface area contributed by atoms with Gasteiger partial charge in [0.25, 0.3) is 5.92 Å². The van der Waals surface area contributed by atoms with E-state index >= 15 is 0 Å². The van der Waals surface area contributed by atoms with Crippen molar-refractivity contribution in [2.75, 3.05) is 6.54 Å². The molecule has 0 radical (unpaired) electrons. The lowest BCUT2D eigenvalue weighted by molar-refractivity contribution is -0.0124. The SMILES string of the molecule is CCCNC(=S)NC1CCCC1(F)F. The van der Waals surface area contributed by atoms with E-state index in [0.717, 1.165) is 13.0 Å². The van der Waals surface area contributed by atoms with E-state index in [-0.39, 0.29) is 6.42 Å². The summed E-state index contributed by atoms with van der Waals surface area (Å²) >= 11 is 4.90. The molecule has 1 aliphatic carbocycles. The zero-order chi connectivity index (χ0) is 10.6. The van der Waals surface area contributed by atoms with Gasteiger partial charge in [0.1, 0.15) is 0 Å². The molecule has 2 nitrogen and oxygen atoms in total. The van der Waals surface area contributed by atoms with Crippen LogP contribution in [0, 0.1) is 0 Å². The van der Waals surface area contributed by atoms with E-state index in [2.05, 4.69) is 10.6 Å². The summed E-state index contributed by atoms with van der Waals surface area (Å²) in [5.41, 5.74) is 0. The molecule has 1 aliphatic rings. The normalized spacial score (nSPS) is 24.6. The highest BCUT2D eigenvalue weighted by Gasteiger charge is 2.44. The number of thiocarbonyl (C=S) groups is 1. The maximum Gasteiger partial charge on any atom is 0.267 e. The first-order valence-electron chi connectivity index (χ1n) is 4.98. The van der Waals surface area contributed by atoms with Crippen LogP contribution in [0.15, 0.2) is 0 Å². The predicted molar refractivity (Wildman–Crippen MR) is 56.6 cm³/mol. The minimum Gasteiger partial charge on any atom is -0.363 e. The van der Waals surface area contributed by atoms with Gasteiger partial charge in [0.15, 0.2) is 5.11 Å². The molecule has 5 heteroatoms. The van der Waals surface area contributed by atoms with Gasteiger partial charge in [-0.05, 0) is 31.5 Å². The highest BCUT2D eigenvalue weighted by atomic mass is 32.1. The van der Waals surface area contributed by atoms with Crippen molar-refractivity contribution in [2.45, 2.75) is 44.6 Å². The first-order chi connectivity index (χ1) is 6.56. The Kier molecular flexibility index (Phi) is 4.04. The Labute approximate surface area is 88.4 Å². The van der Waals surface area contributed by atoms with Crippen molar-refractivity contribution in [3.8, 4) is 0 Å². The van der Waals surface area contributed by atoms with Crippen LogP contribution in [-0.2, 0) is 0 Å². The van der Waals surface area contributed by atoms with Gasteiger partial charge >= 0.3 is 0 Å². The molecular weight excluding hydrogens is 206 g/mol. The molecule has 14 heavy (non-hydrogen) atoms. The number of alkyl halides is 2. The van der Waals surface area contributed by atoms with Crippen LogP contribution < -0.4 is 10.6 Å². The molecule has 1 saturated carbocycles. The lowest BCUT2D eigenvalue weighted by Crippen LogP contribution is -2.48. The lowest BCUT2D eigenvalue weighted by Gasteiger charge is -2.22. The van der Waals surface area contributed by atoms with Gasteiger partial charge in [0, 0.05) is 13.0 Å². The molecule has 1 rings (SSSR count). The largest absolute Gasteiger partial charge is 0.363 e. The molecule has 0 aromatic rings. The summed E-state index contributed by atoms with van der Waals surface area (Å²) in [6.45, 7) is 2.73. The average Bonchev–Trinajstić information content (AvgIpc) is 2.43. The standard InChI is InChI=1S/C9H16F2N2S/c1-2-6-12-8(14)13-7-4-3-5-9(7,10)11/h7H,2-6H2,1H3,(H2,12,13,14). The van der Waals surface area contributed by atoms with Gasteiger partial charge in [0.2, 0.25) is 0 Å². The molecule has 0 heterocycles. The second kappa shape index (κ2) is 4.87. The molecule has 0 aliphatic heterocycles. The molecule has 0 spiro atoms. The van der Waals surface area contributed by atoms with Gasteiger partial charge in [-0.1, -0.05) is 6.92 Å². The van der Waals surface area contributed by atoms with Crippen LogP contribution >= 0.6 is 12.2 Å². The maximum atomic E-state index is 13.1. The van der Waals surface area contributed by atoms with E-state index < -0.39 is 12.0 Å². The van der Waals surface area contributed by atoms with E-state index in [1.165, 1.54) is 0 Å². The molecule has 0 aromatic heterocycles. The monoisotopic (exact) mass is 222 g/mol. The van der Waals surface area contributed by atoms with Crippen molar-refractivity contribution in [1.29, 1.82) is 0 Å². The van der Waals surface area contributed by atoms with Crippen LogP contribution in [-0.4, -0.2) is 23.6 Å². The predicted octanol–water partition coefficient (Wildman–Crippen LogP) is 2.05. The van der Waals surface area contributed by atoms with Crippen LogP contribution in [0.5, 0.6) is 0 Å². The summed E-state index contributed by atoms with van der Waals surface area (Å²) in [5.74, 6) is -2.60. The van der Waals surface area contributed by atoms with Gasteiger partial charge in [-0.2, -0.15) is 0 Å². The third-order valence-corrected chi connectivity index (χ3v) is 2.62. The van der Waals surface area contributed by atoms with E-state index in [1.807, 2.05) is 6.92 Å². The van der Waals surface area contributed by atoms with Gasteiger partial charge in [-0.15, -0.1) is 0 Å². The zero-order valence-corrected chi connectivity index (χ0v) is 9.09. The number of rotatable bonds is 3. The van der Waals surface area contributed by atoms with Crippen molar-refractivity contribution in [3.63, 3.8) is 0 Å². The lowest BCUT2D eigenvalue weighted by atomic mass is 10.2. The Balaban J connectivity index is 2.33. The van der Waals surface area contributed by atoms with E-state index in [0.29, 0.717) is 18.0 Å². The van der Waals surface area contributed by atoms with Gasteiger partial charge in [-0.3, -0.25) is 0 Å². The number of nitrogens with one attached hydrogen (secondary N) is 2. The summed E-state index contributed by atoms with van der Waals surface area (Å²) in [6.07, 6.45) is 1.98. The molecule has 1 unspecified atom stereocenters.